The van der Waals surface area contributed by atoms with Crippen LogP contribution in [-0.2, 0) is 20.8 Å². The van der Waals surface area contributed by atoms with E-state index in [4.69, 9.17) is 4.74 Å². The zero-order chi connectivity index (χ0) is 21.2. The second kappa shape index (κ2) is 10.5. The van der Waals surface area contributed by atoms with Crippen LogP contribution >= 0.6 is 0 Å². The minimum absolute atomic E-state index is 0.0192. The number of aromatic hydroxyl groups is 1. The van der Waals surface area contributed by atoms with Crippen molar-refractivity contribution >= 4 is 23.9 Å². The van der Waals surface area contributed by atoms with Crippen molar-refractivity contribution < 1.29 is 29.3 Å². The van der Waals surface area contributed by atoms with E-state index in [-0.39, 0.29) is 24.5 Å². The summed E-state index contributed by atoms with van der Waals surface area (Å²) in [6.07, 6.45) is 2.85. The molecule has 0 saturated heterocycles. The van der Waals surface area contributed by atoms with Crippen LogP contribution in [0.4, 0.5) is 0 Å². The number of amides is 2. The average molecular weight is 398 g/mol. The summed E-state index contributed by atoms with van der Waals surface area (Å²) in [5.74, 6) is -2.04. The molecule has 0 aromatic heterocycles. The van der Waals surface area contributed by atoms with E-state index < -0.39 is 23.8 Å². The molecule has 4 N–H and O–H groups in total. The average Bonchev–Trinajstić information content (AvgIpc) is 2.71. The molecule has 0 saturated carbocycles. The number of aliphatic carboxylic acids is 1. The van der Waals surface area contributed by atoms with Gasteiger partial charge in [-0.25, -0.2) is 4.79 Å². The fourth-order valence-electron chi connectivity index (χ4n) is 2.49. The normalized spacial score (nSPS) is 11.6. The number of hydrogen-bond donors (Lipinski definition) is 4. The molecule has 1 atom stereocenters. The molecule has 29 heavy (non-hydrogen) atoms. The first-order chi connectivity index (χ1) is 13.9. The van der Waals surface area contributed by atoms with Crippen LogP contribution in [0.25, 0.3) is 6.08 Å². The summed E-state index contributed by atoms with van der Waals surface area (Å²) in [5, 5.41) is 23.6. The van der Waals surface area contributed by atoms with Gasteiger partial charge in [0.15, 0.2) is 11.5 Å². The van der Waals surface area contributed by atoms with E-state index in [2.05, 4.69) is 10.6 Å². The molecule has 2 amide bonds. The van der Waals surface area contributed by atoms with Crippen LogP contribution in [0.15, 0.2) is 54.6 Å². The van der Waals surface area contributed by atoms with E-state index in [0.717, 1.165) is 5.56 Å². The molecule has 8 heteroatoms. The zero-order valence-electron chi connectivity index (χ0n) is 15.8. The summed E-state index contributed by atoms with van der Waals surface area (Å²) >= 11 is 0. The van der Waals surface area contributed by atoms with Gasteiger partial charge in [0.1, 0.15) is 6.04 Å². The van der Waals surface area contributed by atoms with Gasteiger partial charge in [0.05, 0.1) is 13.7 Å². The number of carbonyl (C=O) groups excluding carboxylic acids is 2. The van der Waals surface area contributed by atoms with Crippen LogP contribution in [0, 0.1) is 0 Å². The number of carboxylic acids is 1. The molecule has 152 valence electrons. The maximum atomic E-state index is 12.0. The van der Waals surface area contributed by atoms with Crippen molar-refractivity contribution in [1.82, 2.24) is 10.6 Å². The highest BCUT2D eigenvalue weighted by molar-refractivity contribution is 5.95. The van der Waals surface area contributed by atoms with Crippen LogP contribution in [-0.4, -0.2) is 47.7 Å². The summed E-state index contributed by atoms with van der Waals surface area (Å²) in [4.78, 5) is 35.2. The van der Waals surface area contributed by atoms with Crippen molar-refractivity contribution in [1.29, 1.82) is 0 Å². The Morgan fingerprint density at radius 2 is 1.86 bits per heavy atom. The lowest BCUT2D eigenvalue weighted by molar-refractivity contribution is -0.141. The summed E-state index contributed by atoms with van der Waals surface area (Å²) in [7, 11) is 1.41. The molecule has 0 unspecified atom stereocenters. The van der Waals surface area contributed by atoms with Gasteiger partial charge in [-0.05, 0) is 29.3 Å². The minimum Gasteiger partial charge on any atom is -0.504 e. The molecular formula is C21H22N2O6. The van der Waals surface area contributed by atoms with Crippen LogP contribution in [0.5, 0.6) is 11.5 Å². The second-order valence-electron chi connectivity index (χ2n) is 6.13. The third-order valence-electron chi connectivity index (χ3n) is 3.97. The number of hydrogen-bond acceptors (Lipinski definition) is 5. The van der Waals surface area contributed by atoms with Crippen LogP contribution < -0.4 is 15.4 Å². The van der Waals surface area contributed by atoms with Gasteiger partial charge in [-0.15, -0.1) is 0 Å². The quantitative estimate of drug-likeness (QED) is 0.473. The van der Waals surface area contributed by atoms with Crippen molar-refractivity contribution in [2.24, 2.45) is 0 Å². The van der Waals surface area contributed by atoms with Crippen LogP contribution in [0.2, 0.25) is 0 Å². The second-order valence-corrected chi connectivity index (χ2v) is 6.13. The molecule has 0 bridgehead atoms. The Bertz CT molecular complexity index is 895. The highest BCUT2D eigenvalue weighted by Gasteiger charge is 2.20. The third kappa shape index (κ3) is 7.02. The Morgan fingerprint density at radius 1 is 1.14 bits per heavy atom. The highest BCUT2D eigenvalue weighted by atomic mass is 16.5. The van der Waals surface area contributed by atoms with E-state index in [1.807, 2.05) is 6.07 Å². The molecule has 0 heterocycles. The molecule has 0 aliphatic carbocycles. The number of rotatable bonds is 9. The van der Waals surface area contributed by atoms with E-state index in [9.17, 15) is 24.6 Å². The van der Waals surface area contributed by atoms with Gasteiger partial charge in [-0.2, -0.15) is 0 Å². The molecule has 8 nitrogen and oxygen atoms in total. The number of ether oxygens (including phenoxy) is 1. The predicted octanol–water partition coefficient (Wildman–Crippen LogP) is 1.34. The van der Waals surface area contributed by atoms with E-state index in [0.29, 0.717) is 5.56 Å². The molecular weight excluding hydrogens is 376 g/mol. The molecule has 2 aromatic rings. The molecule has 0 aliphatic rings. The van der Waals surface area contributed by atoms with Gasteiger partial charge in [-0.1, -0.05) is 36.4 Å². The molecule has 2 rings (SSSR count). The van der Waals surface area contributed by atoms with Gasteiger partial charge in [-0.3, -0.25) is 9.59 Å². The summed E-state index contributed by atoms with van der Waals surface area (Å²) < 4.78 is 4.98. The Kier molecular flexibility index (Phi) is 7.78. The molecule has 2 aromatic carbocycles. The maximum Gasteiger partial charge on any atom is 0.326 e. The van der Waals surface area contributed by atoms with Crippen molar-refractivity contribution in [3.8, 4) is 11.5 Å². The summed E-state index contributed by atoms with van der Waals surface area (Å²) in [6, 6.07) is 12.4. The molecule has 0 aliphatic heterocycles. The number of carbonyl (C=O) groups is 3. The standard InChI is InChI=1S/C21H22N2O6/c1-29-18-12-15(7-9-17(18)24)8-10-19(25)22-13-20(26)23-16(21(27)28)11-14-5-3-2-4-6-14/h2-10,12,16,24H,11,13H2,1H3,(H,22,25)(H,23,26)(H,27,28)/b10-8+/t16-/m0/s1. The smallest absolute Gasteiger partial charge is 0.326 e. The minimum atomic E-state index is -1.16. The topological polar surface area (TPSA) is 125 Å². The van der Waals surface area contributed by atoms with Crippen LogP contribution in [0.3, 0.4) is 0 Å². The molecule has 0 spiro atoms. The number of nitrogens with one attached hydrogen (secondary N) is 2. The van der Waals surface area contributed by atoms with Crippen molar-refractivity contribution in [3.05, 3.63) is 65.7 Å². The lowest BCUT2D eigenvalue weighted by Gasteiger charge is -2.14. The first kappa shape index (κ1) is 21.5. The van der Waals surface area contributed by atoms with Gasteiger partial charge in [0.2, 0.25) is 11.8 Å². The lowest BCUT2D eigenvalue weighted by atomic mass is 10.1. The number of carboxylic acid groups (broad SMARTS) is 1. The van der Waals surface area contributed by atoms with Crippen molar-refractivity contribution in [2.75, 3.05) is 13.7 Å². The van der Waals surface area contributed by atoms with Crippen molar-refractivity contribution in [2.45, 2.75) is 12.5 Å². The Labute approximate surface area is 167 Å². The zero-order valence-corrected chi connectivity index (χ0v) is 15.8. The van der Waals surface area contributed by atoms with Crippen molar-refractivity contribution in [3.63, 3.8) is 0 Å². The number of benzene rings is 2. The fourth-order valence-corrected chi connectivity index (χ4v) is 2.49. The summed E-state index contributed by atoms with van der Waals surface area (Å²) in [5.41, 5.74) is 1.39. The number of phenolic OH excluding ortho intramolecular Hbond substituents is 1. The van der Waals surface area contributed by atoms with Gasteiger partial charge in [0.25, 0.3) is 0 Å². The Hall–Kier alpha value is -3.81. The van der Waals surface area contributed by atoms with Gasteiger partial charge >= 0.3 is 5.97 Å². The monoisotopic (exact) mass is 398 g/mol. The predicted molar refractivity (Wildman–Crippen MR) is 106 cm³/mol. The first-order valence-electron chi connectivity index (χ1n) is 8.78. The maximum absolute atomic E-state index is 12.0. The number of methoxy groups -OCH3 is 1. The molecule has 0 radical (unpaired) electrons. The van der Waals surface area contributed by atoms with Gasteiger partial charge in [0, 0.05) is 12.5 Å². The Morgan fingerprint density at radius 3 is 2.52 bits per heavy atom. The third-order valence-corrected chi connectivity index (χ3v) is 3.97. The van der Waals surface area contributed by atoms with Crippen LogP contribution in [0.1, 0.15) is 11.1 Å². The summed E-state index contributed by atoms with van der Waals surface area (Å²) in [6.45, 7) is -0.360. The largest absolute Gasteiger partial charge is 0.504 e. The lowest BCUT2D eigenvalue weighted by Crippen LogP contribution is -2.46. The first-order valence-corrected chi connectivity index (χ1v) is 8.78. The highest BCUT2D eigenvalue weighted by Crippen LogP contribution is 2.26. The molecule has 0 fully saturated rings. The van der Waals surface area contributed by atoms with E-state index in [1.165, 1.54) is 25.3 Å². The number of phenols is 1. The van der Waals surface area contributed by atoms with Gasteiger partial charge < -0.3 is 25.6 Å². The fraction of sp³-hybridized carbons (Fsp3) is 0.190. The van der Waals surface area contributed by atoms with E-state index in [1.54, 1.807) is 36.4 Å². The van der Waals surface area contributed by atoms with E-state index >= 15 is 0 Å². The SMILES string of the molecule is COc1cc(/C=C/C(=O)NCC(=O)N[C@@H](Cc2ccccc2)C(=O)O)ccc1O. The Balaban J connectivity index is 1.85.